The summed E-state index contributed by atoms with van der Waals surface area (Å²) in [5.41, 5.74) is 2.86. The van der Waals surface area contributed by atoms with E-state index >= 15 is 0 Å². The highest BCUT2D eigenvalue weighted by Crippen LogP contribution is 2.35. The van der Waals surface area contributed by atoms with Gasteiger partial charge in [0.1, 0.15) is 21.5 Å². The van der Waals surface area contributed by atoms with Gasteiger partial charge in [-0.05, 0) is 35.6 Å². The number of aliphatic hydroxyl groups excluding tert-OH is 1. The van der Waals surface area contributed by atoms with Crippen molar-refractivity contribution < 1.29 is 13.5 Å². The van der Waals surface area contributed by atoms with Crippen molar-refractivity contribution in [2.75, 3.05) is 41.9 Å². The Bertz CT molecular complexity index is 1480. The van der Waals surface area contributed by atoms with E-state index in [1.165, 1.54) is 6.26 Å². The highest BCUT2D eigenvalue weighted by molar-refractivity contribution is 7.90. The summed E-state index contributed by atoms with van der Waals surface area (Å²) in [5, 5.41) is 19.0. The van der Waals surface area contributed by atoms with E-state index in [4.69, 9.17) is 0 Å². The molecule has 3 aromatic heterocycles. The van der Waals surface area contributed by atoms with Crippen LogP contribution >= 0.6 is 0 Å². The first-order valence-corrected chi connectivity index (χ1v) is 13.4. The molecule has 4 aromatic rings. The molecule has 0 unspecified atom stereocenters. The Morgan fingerprint density at radius 3 is 2.66 bits per heavy atom. The van der Waals surface area contributed by atoms with Crippen LogP contribution in [0, 0.1) is 5.92 Å². The summed E-state index contributed by atoms with van der Waals surface area (Å²) in [7, 11) is -1.15. The molecule has 11 heteroatoms. The molecule has 10 nitrogen and oxygen atoms in total. The van der Waals surface area contributed by atoms with Crippen LogP contribution in [0.25, 0.3) is 22.2 Å². The summed E-state index contributed by atoms with van der Waals surface area (Å²) in [5.74, 6) is 2.14. The van der Waals surface area contributed by atoms with Gasteiger partial charge in [0.05, 0.1) is 17.5 Å². The lowest BCUT2D eigenvalue weighted by molar-refractivity contribution is 0.300. The van der Waals surface area contributed by atoms with Gasteiger partial charge in [-0.25, -0.2) is 23.4 Å². The number of benzene rings is 1. The number of nitrogens with zero attached hydrogens (tertiary/aromatic N) is 6. The zero-order chi connectivity index (χ0) is 24.6. The van der Waals surface area contributed by atoms with E-state index in [1.807, 2.05) is 37.6 Å². The van der Waals surface area contributed by atoms with Gasteiger partial charge in [-0.1, -0.05) is 6.07 Å². The number of aryl methyl sites for hydroxylation is 1. The fourth-order valence-corrected chi connectivity index (χ4v) is 5.57. The van der Waals surface area contributed by atoms with E-state index in [1.54, 1.807) is 23.1 Å². The number of fused-ring (bicyclic) bond motifs is 1. The minimum absolute atomic E-state index is 0.0417. The average Bonchev–Trinajstić information content (AvgIpc) is 3.23. The maximum Gasteiger partial charge on any atom is 0.164 e. The molecular weight excluding hydrogens is 466 g/mol. The van der Waals surface area contributed by atoms with Crippen LogP contribution in [-0.4, -0.2) is 70.0 Å². The average molecular weight is 494 g/mol. The minimum Gasteiger partial charge on any atom is -0.396 e. The molecule has 4 heterocycles. The highest BCUT2D eigenvalue weighted by Gasteiger charge is 2.30. The summed E-state index contributed by atoms with van der Waals surface area (Å²) < 4.78 is 24.9. The van der Waals surface area contributed by atoms with Crippen LogP contribution < -0.4 is 10.2 Å². The Labute approximate surface area is 203 Å². The van der Waals surface area contributed by atoms with Gasteiger partial charge in [0.2, 0.25) is 0 Å². The largest absolute Gasteiger partial charge is 0.396 e. The first kappa shape index (κ1) is 23.2. The smallest absolute Gasteiger partial charge is 0.164 e. The van der Waals surface area contributed by atoms with Crippen LogP contribution in [0.1, 0.15) is 5.56 Å². The third-order valence-corrected chi connectivity index (χ3v) is 7.14. The van der Waals surface area contributed by atoms with E-state index in [0.717, 1.165) is 27.6 Å². The van der Waals surface area contributed by atoms with Crippen molar-refractivity contribution in [2.45, 2.75) is 6.42 Å². The molecule has 182 valence electrons. The number of sulfone groups is 1. The van der Waals surface area contributed by atoms with Crippen LogP contribution in [0.3, 0.4) is 0 Å². The fourth-order valence-electron chi connectivity index (χ4n) is 4.50. The first-order chi connectivity index (χ1) is 16.8. The van der Waals surface area contributed by atoms with Gasteiger partial charge < -0.3 is 15.3 Å². The Morgan fingerprint density at radius 1 is 1.11 bits per heavy atom. The van der Waals surface area contributed by atoms with E-state index in [9.17, 15) is 13.5 Å². The Kier molecular flexibility index (Phi) is 6.12. The monoisotopic (exact) mass is 493 g/mol. The van der Waals surface area contributed by atoms with Gasteiger partial charge in [-0.15, -0.1) is 0 Å². The standard InChI is InChI=1S/C24H27N7O3S/c1-30-14-18(10-27-30)24-25-7-5-22(29-24)28-23-9-19-17(6-8-32)3-4-21(20(19)11-26-23)31-12-16(13-31)15-35(2,33)34/h3-5,7,9-11,14,16,32H,6,8,12-13,15H2,1-2H3,(H,25,26,28,29). The summed E-state index contributed by atoms with van der Waals surface area (Å²) in [6.07, 6.45) is 8.88. The maximum absolute atomic E-state index is 11.6. The molecule has 35 heavy (non-hydrogen) atoms. The number of rotatable bonds is 8. The third-order valence-electron chi connectivity index (χ3n) is 6.06. The molecule has 1 aliphatic rings. The van der Waals surface area contributed by atoms with E-state index in [2.05, 4.69) is 30.3 Å². The first-order valence-electron chi connectivity index (χ1n) is 11.3. The van der Waals surface area contributed by atoms with Gasteiger partial charge in [-0.3, -0.25) is 4.68 Å². The van der Waals surface area contributed by atoms with Crippen molar-refractivity contribution in [3.05, 3.63) is 54.6 Å². The van der Waals surface area contributed by atoms with Crippen LogP contribution in [0.15, 0.2) is 49.1 Å². The minimum atomic E-state index is -2.99. The normalized spacial score (nSPS) is 14.3. The topological polar surface area (TPSA) is 126 Å². The van der Waals surface area contributed by atoms with Crippen molar-refractivity contribution >= 4 is 37.9 Å². The second kappa shape index (κ2) is 9.23. The third kappa shape index (κ3) is 5.10. The molecule has 1 aliphatic heterocycles. The van der Waals surface area contributed by atoms with Crippen LogP contribution in [0.5, 0.6) is 0 Å². The predicted molar refractivity (Wildman–Crippen MR) is 135 cm³/mol. The second-order valence-corrected chi connectivity index (χ2v) is 11.2. The molecule has 5 rings (SSSR count). The van der Waals surface area contributed by atoms with E-state index in [0.29, 0.717) is 37.0 Å². The molecular formula is C24H27N7O3S. The summed E-state index contributed by atoms with van der Waals surface area (Å²) in [6, 6.07) is 7.79. The number of hydrogen-bond acceptors (Lipinski definition) is 9. The predicted octanol–water partition coefficient (Wildman–Crippen LogP) is 2.18. The molecule has 2 N–H and O–H groups in total. The SMILES string of the molecule is Cn1cc(-c2nccc(Nc3cc4c(CCO)ccc(N5CC(CS(C)(=O)=O)C5)c4cn3)n2)cn1. The van der Waals surface area contributed by atoms with Gasteiger partial charge in [0.15, 0.2) is 5.82 Å². The van der Waals surface area contributed by atoms with Gasteiger partial charge in [-0.2, -0.15) is 5.10 Å². The molecule has 0 aliphatic carbocycles. The van der Waals surface area contributed by atoms with Crippen LogP contribution in [-0.2, 0) is 23.3 Å². The number of aromatic nitrogens is 5. The fraction of sp³-hybridized carbons (Fsp3) is 0.333. The molecule has 1 saturated heterocycles. The maximum atomic E-state index is 11.6. The molecule has 0 radical (unpaired) electrons. The lowest BCUT2D eigenvalue weighted by Crippen LogP contribution is -2.49. The number of anilines is 3. The summed E-state index contributed by atoms with van der Waals surface area (Å²) in [6.45, 7) is 1.43. The Balaban J connectivity index is 1.43. The van der Waals surface area contributed by atoms with E-state index < -0.39 is 9.84 Å². The Hall–Kier alpha value is -3.57. The van der Waals surface area contributed by atoms with Crippen molar-refractivity contribution in [3.8, 4) is 11.4 Å². The van der Waals surface area contributed by atoms with Gasteiger partial charge in [0, 0.05) is 68.6 Å². The molecule has 0 saturated carbocycles. The lowest BCUT2D eigenvalue weighted by Gasteiger charge is -2.41. The molecule has 1 aromatic carbocycles. The summed E-state index contributed by atoms with van der Waals surface area (Å²) in [4.78, 5) is 15.7. The number of pyridine rings is 1. The van der Waals surface area contributed by atoms with Crippen LogP contribution in [0.2, 0.25) is 0 Å². The quantitative estimate of drug-likeness (QED) is 0.380. The second-order valence-electron chi connectivity index (χ2n) is 8.99. The van der Waals surface area contributed by atoms with Crippen molar-refractivity contribution in [1.29, 1.82) is 0 Å². The lowest BCUT2D eigenvalue weighted by atomic mass is 9.97. The van der Waals surface area contributed by atoms with E-state index in [-0.39, 0.29) is 18.3 Å². The van der Waals surface area contributed by atoms with Crippen molar-refractivity contribution in [2.24, 2.45) is 13.0 Å². The van der Waals surface area contributed by atoms with Crippen molar-refractivity contribution in [1.82, 2.24) is 24.7 Å². The molecule has 0 amide bonds. The van der Waals surface area contributed by atoms with Crippen LogP contribution in [0.4, 0.5) is 17.3 Å². The molecule has 0 bridgehead atoms. The number of hydrogen-bond donors (Lipinski definition) is 2. The zero-order valence-corrected chi connectivity index (χ0v) is 20.4. The Morgan fingerprint density at radius 2 is 1.94 bits per heavy atom. The highest BCUT2D eigenvalue weighted by atomic mass is 32.2. The molecule has 0 spiro atoms. The number of aliphatic hydroxyl groups is 1. The van der Waals surface area contributed by atoms with Gasteiger partial charge >= 0.3 is 0 Å². The summed E-state index contributed by atoms with van der Waals surface area (Å²) >= 11 is 0. The van der Waals surface area contributed by atoms with Crippen molar-refractivity contribution in [3.63, 3.8) is 0 Å². The molecule has 1 fully saturated rings. The zero-order valence-electron chi connectivity index (χ0n) is 19.6. The molecule has 0 atom stereocenters. The van der Waals surface area contributed by atoms with Gasteiger partial charge in [0.25, 0.3) is 0 Å². The number of nitrogens with one attached hydrogen (secondary N) is 1.